The highest BCUT2D eigenvalue weighted by Gasteiger charge is 2.05. The van der Waals surface area contributed by atoms with Crippen LogP contribution in [0.25, 0.3) is 0 Å². The van der Waals surface area contributed by atoms with Crippen molar-refractivity contribution >= 4 is 11.9 Å². The van der Waals surface area contributed by atoms with Crippen LogP contribution in [0.2, 0.25) is 0 Å². The molecule has 0 aliphatic heterocycles. The molecule has 0 spiro atoms. The molecule has 0 saturated carbocycles. The fraction of sp³-hybridized carbons (Fsp3) is 0. The zero-order chi connectivity index (χ0) is 10.6. The van der Waals surface area contributed by atoms with Gasteiger partial charge in [-0.3, -0.25) is 0 Å². The van der Waals surface area contributed by atoms with Crippen molar-refractivity contribution in [3.05, 3.63) is 23.8 Å². The predicted octanol–water partition coefficient (Wildman–Crippen LogP) is 0.736. The molecule has 6 nitrogen and oxygen atoms in total. The highest BCUT2D eigenvalue weighted by atomic mass is 16.4. The lowest BCUT2D eigenvalue weighted by atomic mass is 10.1. The Bertz CT molecular complexity index is 387. The van der Waals surface area contributed by atoms with Gasteiger partial charge in [-0.05, 0) is 18.2 Å². The van der Waals surface area contributed by atoms with E-state index in [9.17, 15) is 0 Å². The van der Waals surface area contributed by atoms with E-state index in [1.807, 2.05) is 0 Å². The highest BCUT2D eigenvalue weighted by molar-refractivity contribution is 6.37. The summed E-state index contributed by atoms with van der Waals surface area (Å²) in [5, 5.41) is 40.4. The first kappa shape index (κ1) is 9.85. The molecule has 0 atom stereocenters. The summed E-state index contributed by atoms with van der Waals surface area (Å²) in [5.41, 5.74) is 0.267. The number of hydrogen-bond donors (Lipinski definition) is 4. The molecule has 0 aromatic heterocycles. The number of rotatable bonds is 2. The number of nitrogens with zero attached hydrogens (tertiary/aromatic N) is 2. The summed E-state index contributed by atoms with van der Waals surface area (Å²) >= 11 is 0. The van der Waals surface area contributed by atoms with Crippen molar-refractivity contribution in [1.29, 1.82) is 0 Å². The van der Waals surface area contributed by atoms with Crippen LogP contribution in [-0.2, 0) is 0 Å². The minimum Gasteiger partial charge on any atom is -0.504 e. The smallest absolute Gasteiger partial charge is 0.158 e. The van der Waals surface area contributed by atoms with E-state index in [-0.39, 0.29) is 17.2 Å². The Labute approximate surface area is 79.0 Å². The van der Waals surface area contributed by atoms with Crippen LogP contribution in [0.4, 0.5) is 0 Å². The maximum atomic E-state index is 9.12. The summed E-state index contributed by atoms with van der Waals surface area (Å²) in [6, 6.07) is 3.79. The monoisotopic (exact) mass is 196 g/mol. The summed E-state index contributed by atoms with van der Waals surface area (Å²) in [7, 11) is 0. The zero-order valence-corrected chi connectivity index (χ0v) is 6.99. The number of phenolic OH excluding ortho intramolecular Hbond substituents is 2. The normalized spacial score (nSPS) is 12.1. The number of phenols is 2. The topological polar surface area (TPSA) is 106 Å². The van der Waals surface area contributed by atoms with Crippen LogP contribution in [0.1, 0.15) is 5.56 Å². The molecule has 0 heterocycles. The average Bonchev–Trinajstić information content (AvgIpc) is 2.19. The van der Waals surface area contributed by atoms with Crippen LogP contribution in [0.15, 0.2) is 28.5 Å². The van der Waals surface area contributed by atoms with Crippen LogP contribution in [0, 0.1) is 0 Å². The minimum atomic E-state index is -0.352. The standard InChI is InChI=1S/C8H8N2O4/c11-7-2-1-5(3-8(7)12)6(10-14)4-9-13/h1-4,11-14H/b9-4-,10-6+. The quantitative estimate of drug-likeness (QED) is 0.242. The summed E-state index contributed by atoms with van der Waals surface area (Å²) < 4.78 is 0. The van der Waals surface area contributed by atoms with Crippen LogP contribution in [0.3, 0.4) is 0 Å². The molecule has 6 heteroatoms. The van der Waals surface area contributed by atoms with Crippen molar-refractivity contribution < 1.29 is 20.6 Å². The Kier molecular flexibility index (Phi) is 2.90. The van der Waals surface area contributed by atoms with Gasteiger partial charge in [-0.25, -0.2) is 0 Å². The predicted molar refractivity (Wildman–Crippen MR) is 48.4 cm³/mol. The number of aromatic hydroxyl groups is 2. The number of hydrogen-bond acceptors (Lipinski definition) is 6. The second-order valence-corrected chi connectivity index (χ2v) is 2.43. The van der Waals surface area contributed by atoms with E-state index >= 15 is 0 Å². The fourth-order valence-electron chi connectivity index (χ4n) is 0.896. The van der Waals surface area contributed by atoms with Crippen molar-refractivity contribution in [3.63, 3.8) is 0 Å². The summed E-state index contributed by atoms with van der Waals surface area (Å²) in [5.74, 6) is -0.637. The number of oxime groups is 2. The molecule has 0 unspecified atom stereocenters. The van der Waals surface area contributed by atoms with Crippen molar-refractivity contribution in [2.45, 2.75) is 0 Å². The van der Waals surface area contributed by atoms with E-state index in [1.54, 1.807) is 0 Å². The first-order valence-electron chi connectivity index (χ1n) is 3.61. The van der Waals surface area contributed by atoms with E-state index in [1.165, 1.54) is 18.2 Å². The van der Waals surface area contributed by atoms with Gasteiger partial charge in [-0.2, -0.15) is 0 Å². The largest absolute Gasteiger partial charge is 0.504 e. The Morgan fingerprint density at radius 3 is 2.36 bits per heavy atom. The second-order valence-electron chi connectivity index (χ2n) is 2.43. The van der Waals surface area contributed by atoms with Gasteiger partial charge >= 0.3 is 0 Å². The third kappa shape index (κ3) is 1.92. The van der Waals surface area contributed by atoms with Crippen LogP contribution in [-0.4, -0.2) is 32.6 Å². The van der Waals surface area contributed by atoms with E-state index in [0.717, 1.165) is 6.21 Å². The molecule has 1 aromatic carbocycles. The molecular formula is C8H8N2O4. The maximum Gasteiger partial charge on any atom is 0.158 e. The van der Waals surface area contributed by atoms with E-state index in [2.05, 4.69) is 10.3 Å². The molecule has 74 valence electrons. The molecule has 4 N–H and O–H groups in total. The fourth-order valence-corrected chi connectivity index (χ4v) is 0.896. The molecule has 0 fully saturated rings. The first-order chi connectivity index (χ1) is 6.69. The van der Waals surface area contributed by atoms with Gasteiger partial charge in [-0.15, -0.1) is 0 Å². The Hall–Kier alpha value is -2.24. The highest BCUT2D eigenvalue weighted by Crippen LogP contribution is 2.24. The molecule has 1 rings (SSSR count). The van der Waals surface area contributed by atoms with Crippen LogP contribution >= 0.6 is 0 Å². The summed E-state index contributed by atoms with van der Waals surface area (Å²) in [6.45, 7) is 0. The molecule has 14 heavy (non-hydrogen) atoms. The Morgan fingerprint density at radius 2 is 1.86 bits per heavy atom. The first-order valence-corrected chi connectivity index (χ1v) is 3.61. The van der Waals surface area contributed by atoms with Gasteiger partial charge in [0.25, 0.3) is 0 Å². The van der Waals surface area contributed by atoms with Crippen LogP contribution < -0.4 is 0 Å². The molecule has 0 bridgehead atoms. The van der Waals surface area contributed by atoms with E-state index in [0.29, 0.717) is 5.56 Å². The van der Waals surface area contributed by atoms with Gasteiger partial charge in [0.2, 0.25) is 0 Å². The molecule has 0 amide bonds. The van der Waals surface area contributed by atoms with Crippen molar-refractivity contribution in [3.8, 4) is 11.5 Å². The average molecular weight is 196 g/mol. The lowest BCUT2D eigenvalue weighted by molar-refractivity contribution is 0.316. The summed E-state index contributed by atoms with van der Waals surface area (Å²) in [6.07, 6.45) is 0.895. The summed E-state index contributed by atoms with van der Waals surface area (Å²) in [4.78, 5) is 0. The molecule has 0 aliphatic rings. The third-order valence-corrected chi connectivity index (χ3v) is 1.56. The van der Waals surface area contributed by atoms with Crippen molar-refractivity contribution in [2.24, 2.45) is 10.3 Å². The van der Waals surface area contributed by atoms with Gasteiger partial charge in [0, 0.05) is 5.56 Å². The Balaban J connectivity index is 3.13. The van der Waals surface area contributed by atoms with Crippen molar-refractivity contribution in [2.75, 3.05) is 0 Å². The molecule has 1 aromatic rings. The van der Waals surface area contributed by atoms with Gasteiger partial charge < -0.3 is 20.6 Å². The van der Waals surface area contributed by atoms with Gasteiger partial charge in [0.05, 0.1) is 6.21 Å². The lowest BCUT2D eigenvalue weighted by Crippen LogP contribution is -2.02. The molecule has 0 saturated heterocycles. The molecule has 0 aliphatic carbocycles. The third-order valence-electron chi connectivity index (χ3n) is 1.56. The van der Waals surface area contributed by atoms with Gasteiger partial charge in [0.15, 0.2) is 11.5 Å². The molecule has 0 radical (unpaired) electrons. The second kappa shape index (κ2) is 4.13. The van der Waals surface area contributed by atoms with E-state index in [4.69, 9.17) is 20.6 Å². The lowest BCUT2D eigenvalue weighted by Gasteiger charge is -2.00. The van der Waals surface area contributed by atoms with E-state index < -0.39 is 0 Å². The Morgan fingerprint density at radius 1 is 1.14 bits per heavy atom. The maximum absolute atomic E-state index is 9.12. The zero-order valence-electron chi connectivity index (χ0n) is 6.99. The van der Waals surface area contributed by atoms with Crippen molar-refractivity contribution in [1.82, 2.24) is 0 Å². The number of benzene rings is 1. The SMILES string of the molecule is O/N=C\C(=N/O)c1ccc(O)c(O)c1. The minimum absolute atomic E-state index is 0.0391. The van der Waals surface area contributed by atoms with Crippen LogP contribution in [0.5, 0.6) is 11.5 Å². The molecular weight excluding hydrogens is 188 g/mol. The van der Waals surface area contributed by atoms with Gasteiger partial charge in [0.1, 0.15) is 5.71 Å². The van der Waals surface area contributed by atoms with Gasteiger partial charge in [-0.1, -0.05) is 10.3 Å².